The second-order valence-electron chi connectivity index (χ2n) is 4.76. The topological polar surface area (TPSA) is 83.1 Å². The minimum atomic E-state index is -0.399. The molecular weight excluding hydrogens is 336 g/mol. The molecule has 0 aliphatic heterocycles. The van der Waals surface area contributed by atoms with Crippen LogP contribution in [0.25, 0.3) is 0 Å². The Balaban J connectivity index is 1.84. The second-order valence-corrected chi connectivity index (χ2v) is 6.05. The Morgan fingerprint density at radius 1 is 1.22 bits per heavy atom. The van der Waals surface area contributed by atoms with Crippen molar-refractivity contribution in [3.05, 3.63) is 40.4 Å². The SMILES string of the molecule is CCCNC(=O)Cc1csc(NC(=O)Nc2ccc(Cl)cc2)n1. The Hall–Kier alpha value is -2.12. The number of aromatic nitrogens is 1. The smallest absolute Gasteiger partial charge is 0.325 e. The first-order chi connectivity index (χ1) is 11.1. The molecule has 2 aromatic rings. The van der Waals surface area contributed by atoms with Crippen LogP contribution in [0.4, 0.5) is 15.6 Å². The highest BCUT2D eigenvalue weighted by Crippen LogP contribution is 2.17. The monoisotopic (exact) mass is 352 g/mol. The maximum Gasteiger partial charge on any atom is 0.325 e. The van der Waals surface area contributed by atoms with Gasteiger partial charge in [-0.15, -0.1) is 11.3 Å². The summed E-state index contributed by atoms with van der Waals surface area (Å²) in [5.74, 6) is -0.0747. The molecule has 0 saturated heterocycles. The molecule has 0 bridgehead atoms. The Kier molecular flexibility index (Phi) is 6.37. The average Bonchev–Trinajstić information content (AvgIpc) is 2.94. The van der Waals surface area contributed by atoms with Gasteiger partial charge < -0.3 is 10.6 Å². The van der Waals surface area contributed by atoms with E-state index in [-0.39, 0.29) is 12.3 Å². The Bertz CT molecular complexity index is 672. The van der Waals surface area contributed by atoms with E-state index in [1.807, 2.05) is 6.92 Å². The maximum atomic E-state index is 11.9. The summed E-state index contributed by atoms with van der Waals surface area (Å²) in [5.41, 5.74) is 1.26. The van der Waals surface area contributed by atoms with Crippen LogP contribution in [0.15, 0.2) is 29.6 Å². The third-order valence-corrected chi connectivity index (χ3v) is 3.85. The number of nitrogens with one attached hydrogen (secondary N) is 3. The molecule has 0 aliphatic carbocycles. The molecular formula is C15H17ClN4O2S. The predicted octanol–water partition coefficient (Wildman–Crippen LogP) is 3.51. The predicted molar refractivity (Wildman–Crippen MR) is 93.2 cm³/mol. The molecule has 3 amide bonds. The van der Waals surface area contributed by atoms with Gasteiger partial charge in [-0.3, -0.25) is 10.1 Å². The standard InChI is InChI=1S/C15H17ClN4O2S/c1-2-7-17-13(21)8-12-9-23-15(19-12)20-14(22)18-11-5-3-10(16)4-6-11/h3-6,9H,2,7-8H2,1H3,(H,17,21)(H2,18,19,20,22). The van der Waals surface area contributed by atoms with E-state index in [1.54, 1.807) is 29.6 Å². The number of carbonyl (C=O) groups excluding carboxylic acids is 2. The summed E-state index contributed by atoms with van der Waals surface area (Å²) in [7, 11) is 0. The molecule has 0 radical (unpaired) electrons. The van der Waals surface area contributed by atoms with Gasteiger partial charge in [0.05, 0.1) is 12.1 Å². The maximum absolute atomic E-state index is 11.9. The third-order valence-electron chi connectivity index (χ3n) is 2.79. The summed E-state index contributed by atoms with van der Waals surface area (Å²) in [4.78, 5) is 27.7. The van der Waals surface area contributed by atoms with E-state index >= 15 is 0 Å². The summed E-state index contributed by atoms with van der Waals surface area (Å²) in [6, 6.07) is 6.38. The van der Waals surface area contributed by atoms with Crippen molar-refractivity contribution in [2.45, 2.75) is 19.8 Å². The van der Waals surface area contributed by atoms with Gasteiger partial charge >= 0.3 is 6.03 Å². The average molecular weight is 353 g/mol. The van der Waals surface area contributed by atoms with Crippen molar-refractivity contribution in [1.82, 2.24) is 10.3 Å². The molecule has 0 atom stereocenters. The van der Waals surface area contributed by atoms with E-state index in [1.165, 1.54) is 11.3 Å². The molecule has 0 fully saturated rings. The van der Waals surface area contributed by atoms with E-state index in [4.69, 9.17) is 11.6 Å². The second kappa shape index (κ2) is 8.50. The van der Waals surface area contributed by atoms with Gasteiger partial charge in [0, 0.05) is 22.6 Å². The van der Waals surface area contributed by atoms with Crippen LogP contribution >= 0.6 is 22.9 Å². The molecule has 122 valence electrons. The van der Waals surface area contributed by atoms with Crippen LogP contribution in [0, 0.1) is 0 Å². The number of hydrogen-bond acceptors (Lipinski definition) is 4. The first-order valence-electron chi connectivity index (χ1n) is 7.11. The van der Waals surface area contributed by atoms with Crippen LogP contribution in [-0.2, 0) is 11.2 Å². The Morgan fingerprint density at radius 2 is 1.96 bits per heavy atom. The first kappa shape index (κ1) is 17.2. The van der Waals surface area contributed by atoms with Crippen molar-refractivity contribution in [1.29, 1.82) is 0 Å². The minimum absolute atomic E-state index is 0.0747. The molecule has 0 spiro atoms. The van der Waals surface area contributed by atoms with Crippen molar-refractivity contribution in [3.8, 4) is 0 Å². The Morgan fingerprint density at radius 3 is 2.65 bits per heavy atom. The van der Waals surface area contributed by atoms with Crippen molar-refractivity contribution in [2.24, 2.45) is 0 Å². The number of rotatable bonds is 6. The highest BCUT2D eigenvalue weighted by atomic mass is 35.5. The van der Waals surface area contributed by atoms with Crippen LogP contribution in [0.2, 0.25) is 5.02 Å². The largest absolute Gasteiger partial charge is 0.356 e. The van der Waals surface area contributed by atoms with Gasteiger partial charge in [-0.25, -0.2) is 9.78 Å². The molecule has 8 heteroatoms. The number of anilines is 2. The summed E-state index contributed by atoms with van der Waals surface area (Å²) in [6.07, 6.45) is 1.09. The lowest BCUT2D eigenvalue weighted by Gasteiger charge is -2.05. The zero-order chi connectivity index (χ0) is 16.7. The lowest BCUT2D eigenvalue weighted by molar-refractivity contribution is -0.120. The fourth-order valence-corrected chi connectivity index (χ4v) is 2.56. The molecule has 1 heterocycles. The Labute approximate surface area is 143 Å². The van der Waals surface area contributed by atoms with Crippen LogP contribution < -0.4 is 16.0 Å². The zero-order valence-corrected chi connectivity index (χ0v) is 14.1. The number of thiazole rings is 1. The number of nitrogens with zero attached hydrogens (tertiary/aromatic N) is 1. The molecule has 0 saturated carbocycles. The quantitative estimate of drug-likeness (QED) is 0.743. The van der Waals surface area contributed by atoms with E-state index < -0.39 is 6.03 Å². The van der Waals surface area contributed by atoms with Gasteiger partial charge in [-0.2, -0.15) is 0 Å². The van der Waals surface area contributed by atoms with E-state index in [2.05, 4.69) is 20.9 Å². The van der Waals surface area contributed by atoms with Crippen molar-refractivity contribution < 1.29 is 9.59 Å². The van der Waals surface area contributed by atoms with Crippen LogP contribution in [0.5, 0.6) is 0 Å². The fraction of sp³-hybridized carbons (Fsp3) is 0.267. The van der Waals surface area contributed by atoms with Crippen molar-refractivity contribution in [3.63, 3.8) is 0 Å². The van der Waals surface area contributed by atoms with Crippen molar-refractivity contribution in [2.75, 3.05) is 17.2 Å². The van der Waals surface area contributed by atoms with E-state index in [0.29, 0.717) is 28.1 Å². The number of urea groups is 1. The highest BCUT2D eigenvalue weighted by molar-refractivity contribution is 7.14. The molecule has 3 N–H and O–H groups in total. The van der Waals surface area contributed by atoms with Gasteiger partial charge in [0.1, 0.15) is 0 Å². The molecule has 0 aliphatic rings. The number of carbonyl (C=O) groups is 2. The first-order valence-corrected chi connectivity index (χ1v) is 8.37. The summed E-state index contributed by atoms with van der Waals surface area (Å²) >= 11 is 7.06. The molecule has 0 unspecified atom stereocenters. The van der Waals surface area contributed by atoms with Crippen LogP contribution in [0.3, 0.4) is 0 Å². The zero-order valence-electron chi connectivity index (χ0n) is 12.6. The number of halogens is 1. The molecule has 1 aromatic carbocycles. The lowest BCUT2D eigenvalue weighted by atomic mass is 10.3. The number of hydrogen-bond donors (Lipinski definition) is 3. The van der Waals surface area contributed by atoms with Crippen LogP contribution in [-0.4, -0.2) is 23.5 Å². The molecule has 1 aromatic heterocycles. The molecule has 2 rings (SSSR count). The summed E-state index contributed by atoms with van der Waals surface area (Å²) in [6.45, 7) is 2.64. The summed E-state index contributed by atoms with van der Waals surface area (Å²) in [5, 5.41) is 10.9. The lowest BCUT2D eigenvalue weighted by Crippen LogP contribution is -2.25. The molecule has 23 heavy (non-hydrogen) atoms. The van der Waals surface area contributed by atoms with Gasteiger partial charge in [0.25, 0.3) is 0 Å². The number of benzene rings is 1. The highest BCUT2D eigenvalue weighted by Gasteiger charge is 2.09. The van der Waals surface area contributed by atoms with E-state index in [9.17, 15) is 9.59 Å². The molecule has 6 nitrogen and oxygen atoms in total. The fourth-order valence-electron chi connectivity index (χ4n) is 1.73. The summed E-state index contributed by atoms with van der Waals surface area (Å²) < 4.78 is 0. The third kappa shape index (κ3) is 5.88. The van der Waals surface area contributed by atoms with Crippen molar-refractivity contribution >= 4 is 45.7 Å². The van der Waals surface area contributed by atoms with Gasteiger partial charge in [-0.1, -0.05) is 18.5 Å². The van der Waals surface area contributed by atoms with Gasteiger partial charge in [-0.05, 0) is 30.7 Å². The normalized spacial score (nSPS) is 10.2. The van der Waals surface area contributed by atoms with E-state index in [0.717, 1.165) is 6.42 Å². The number of amides is 3. The van der Waals surface area contributed by atoms with Crippen LogP contribution in [0.1, 0.15) is 19.0 Å². The van der Waals surface area contributed by atoms with Gasteiger partial charge in [0.15, 0.2) is 5.13 Å². The van der Waals surface area contributed by atoms with Gasteiger partial charge in [0.2, 0.25) is 5.91 Å². The minimum Gasteiger partial charge on any atom is -0.356 e.